The lowest BCUT2D eigenvalue weighted by atomic mass is 10.0. The van der Waals surface area contributed by atoms with Gasteiger partial charge in [-0.05, 0) is 58.4 Å². The van der Waals surface area contributed by atoms with Gasteiger partial charge >= 0.3 is 0 Å². The van der Waals surface area contributed by atoms with Crippen molar-refractivity contribution in [2.45, 2.75) is 44.7 Å². The average molecular weight is 250 g/mol. The zero-order chi connectivity index (χ0) is 12.6. The summed E-state index contributed by atoms with van der Waals surface area (Å²) in [5, 5.41) is 7.75. The molecule has 0 radical (unpaired) electrons. The van der Waals surface area contributed by atoms with Gasteiger partial charge in [-0.25, -0.2) is 0 Å². The molecule has 102 valence electrons. The first-order valence-electron chi connectivity index (χ1n) is 7.24. The number of likely N-dealkylation sites (tertiary alicyclic amines) is 1. The van der Waals surface area contributed by atoms with E-state index >= 15 is 0 Å². The maximum Gasteiger partial charge on any atom is 0.0489 e. The second-order valence-corrected chi connectivity index (χ2v) is 5.29. The molecule has 0 bridgehead atoms. The van der Waals surface area contributed by atoms with Crippen molar-refractivity contribution in [1.82, 2.24) is 20.0 Å². The highest BCUT2D eigenvalue weighted by Crippen LogP contribution is 2.16. The van der Waals surface area contributed by atoms with Gasteiger partial charge in [0.1, 0.15) is 0 Å². The van der Waals surface area contributed by atoms with E-state index in [2.05, 4.69) is 22.4 Å². The third kappa shape index (κ3) is 4.42. The number of aromatic nitrogens is 2. The van der Waals surface area contributed by atoms with Crippen molar-refractivity contribution in [2.75, 3.05) is 26.7 Å². The van der Waals surface area contributed by atoms with Crippen LogP contribution in [-0.2, 0) is 6.54 Å². The maximum atomic E-state index is 4.20. The number of hydrogen-bond donors (Lipinski definition) is 1. The molecule has 4 heteroatoms. The van der Waals surface area contributed by atoms with Crippen molar-refractivity contribution < 1.29 is 0 Å². The Labute approximate surface area is 110 Å². The van der Waals surface area contributed by atoms with Crippen molar-refractivity contribution in [3.05, 3.63) is 18.5 Å². The molecule has 1 N–H and O–H groups in total. The minimum atomic E-state index is 0.803. The molecule has 0 aliphatic carbocycles. The van der Waals surface area contributed by atoms with Crippen LogP contribution in [0.25, 0.3) is 0 Å². The SMILES string of the molecule is CN1CCCCC1CCNCCCn1cccn1. The van der Waals surface area contributed by atoms with Crippen LogP contribution in [0.4, 0.5) is 0 Å². The molecule has 1 fully saturated rings. The first kappa shape index (κ1) is 13.6. The van der Waals surface area contributed by atoms with Crippen LogP contribution in [0.2, 0.25) is 0 Å². The lowest BCUT2D eigenvalue weighted by molar-refractivity contribution is 0.175. The minimum absolute atomic E-state index is 0.803. The highest BCUT2D eigenvalue weighted by atomic mass is 15.3. The molecular weight excluding hydrogens is 224 g/mol. The van der Waals surface area contributed by atoms with Crippen molar-refractivity contribution in [3.8, 4) is 0 Å². The van der Waals surface area contributed by atoms with Gasteiger partial charge in [0.15, 0.2) is 0 Å². The highest BCUT2D eigenvalue weighted by molar-refractivity contribution is 4.77. The highest BCUT2D eigenvalue weighted by Gasteiger charge is 2.17. The number of piperidine rings is 1. The number of nitrogens with zero attached hydrogens (tertiary/aromatic N) is 3. The van der Waals surface area contributed by atoms with E-state index < -0.39 is 0 Å². The van der Waals surface area contributed by atoms with E-state index in [9.17, 15) is 0 Å². The van der Waals surface area contributed by atoms with Gasteiger partial charge in [0.2, 0.25) is 0 Å². The summed E-state index contributed by atoms with van der Waals surface area (Å²) in [4.78, 5) is 2.52. The lowest BCUT2D eigenvalue weighted by Crippen LogP contribution is -2.38. The van der Waals surface area contributed by atoms with Crippen molar-refractivity contribution in [1.29, 1.82) is 0 Å². The summed E-state index contributed by atoms with van der Waals surface area (Å²) in [6.45, 7) is 4.54. The molecule has 1 unspecified atom stereocenters. The molecule has 1 aromatic rings. The Kier molecular flexibility index (Phi) is 5.68. The molecule has 2 rings (SSSR count). The molecule has 1 aliphatic heterocycles. The first-order chi connectivity index (χ1) is 8.86. The maximum absolute atomic E-state index is 4.20. The minimum Gasteiger partial charge on any atom is -0.317 e. The number of nitrogens with one attached hydrogen (secondary N) is 1. The summed E-state index contributed by atoms with van der Waals surface area (Å²) < 4.78 is 2.00. The fourth-order valence-electron chi connectivity index (χ4n) is 2.70. The zero-order valence-corrected chi connectivity index (χ0v) is 11.5. The fraction of sp³-hybridized carbons (Fsp3) is 0.786. The number of rotatable bonds is 7. The Bertz CT molecular complexity index is 310. The van der Waals surface area contributed by atoms with Crippen LogP contribution < -0.4 is 5.32 Å². The molecule has 0 amide bonds. The standard InChI is InChI=1S/C14H26N4/c1-17-11-3-2-6-14(17)7-10-15-8-4-12-18-13-5-9-16-18/h5,9,13-15H,2-4,6-8,10-12H2,1H3. The van der Waals surface area contributed by atoms with E-state index in [1.54, 1.807) is 0 Å². The molecule has 1 atom stereocenters. The summed E-state index contributed by atoms with van der Waals surface area (Å²) in [6, 6.07) is 2.78. The predicted molar refractivity (Wildman–Crippen MR) is 74.6 cm³/mol. The van der Waals surface area contributed by atoms with Crippen LogP contribution in [0, 0.1) is 0 Å². The fourth-order valence-corrected chi connectivity index (χ4v) is 2.70. The molecule has 2 heterocycles. The van der Waals surface area contributed by atoms with Crippen molar-refractivity contribution in [3.63, 3.8) is 0 Å². The van der Waals surface area contributed by atoms with Gasteiger partial charge in [-0.2, -0.15) is 5.10 Å². The number of aryl methyl sites for hydroxylation is 1. The van der Waals surface area contributed by atoms with Crippen molar-refractivity contribution >= 4 is 0 Å². The largest absolute Gasteiger partial charge is 0.317 e. The Morgan fingerprint density at radius 3 is 3.06 bits per heavy atom. The molecular formula is C14H26N4. The Morgan fingerprint density at radius 2 is 2.28 bits per heavy atom. The van der Waals surface area contributed by atoms with Crippen LogP contribution in [0.3, 0.4) is 0 Å². The van der Waals surface area contributed by atoms with Crippen LogP contribution in [0.1, 0.15) is 32.1 Å². The summed E-state index contributed by atoms with van der Waals surface area (Å²) in [7, 11) is 2.27. The molecule has 1 aromatic heterocycles. The van der Waals surface area contributed by atoms with E-state index in [-0.39, 0.29) is 0 Å². The quantitative estimate of drug-likeness (QED) is 0.748. The Balaban J connectivity index is 1.48. The summed E-state index contributed by atoms with van der Waals surface area (Å²) >= 11 is 0. The van der Waals surface area contributed by atoms with E-state index in [0.29, 0.717) is 0 Å². The van der Waals surface area contributed by atoms with Gasteiger partial charge in [-0.3, -0.25) is 4.68 Å². The summed E-state index contributed by atoms with van der Waals surface area (Å²) in [6.07, 6.45) is 10.5. The van der Waals surface area contributed by atoms with Crippen LogP contribution in [0.15, 0.2) is 18.5 Å². The van der Waals surface area contributed by atoms with E-state index in [0.717, 1.165) is 32.1 Å². The monoisotopic (exact) mass is 250 g/mol. The van der Waals surface area contributed by atoms with Gasteiger partial charge in [0, 0.05) is 25.0 Å². The Morgan fingerprint density at radius 1 is 1.33 bits per heavy atom. The molecule has 1 saturated heterocycles. The van der Waals surface area contributed by atoms with Crippen molar-refractivity contribution in [2.24, 2.45) is 0 Å². The molecule has 4 nitrogen and oxygen atoms in total. The van der Waals surface area contributed by atoms with Gasteiger partial charge in [0.25, 0.3) is 0 Å². The molecule has 1 aliphatic rings. The topological polar surface area (TPSA) is 33.1 Å². The van der Waals surface area contributed by atoms with Gasteiger partial charge in [-0.1, -0.05) is 6.42 Å². The van der Waals surface area contributed by atoms with Crippen LogP contribution >= 0.6 is 0 Å². The zero-order valence-electron chi connectivity index (χ0n) is 11.5. The summed E-state index contributed by atoms with van der Waals surface area (Å²) in [5.41, 5.74) is 0. The van der Waals surface area contributed by atoms with Gasteiger partial charge in [0.05, 0.1) is 0 Å². The average Bonchev–Trinajstić information content (AvgIpc) is 2.89. The van der Waals surface area contributed by atoms with E-state index in [1.165, 1.54) is 32.2 Å². The third-order valence-electron chi connectivity index (χ3n) is 3.88. The van der Waals surface area contributed by atoms with Crippen LogP contribution in [0.5, 0.6) is 0 Å². The molecule has 0 spiro atoms. The van der Waals surface area contributed by atoms with Gasteiger partial charge in [-0.15, -0.1) is 0 Å². The predicted octanol–water partition coefficient (Wildman–Crippen LogP) is 1.74. The molecule has 0 aromatic carbocycles. The van der Waals surface area contributed by atoms with Crippen LogP contribution in [-0.4, -0.2) is 47.4 Å². The number of hydrogen-bond acceptors (Lipinski definition) is 3. The smallest absolute Gasteiger partial charge is 0.0489 e. The van der Waals surface area contributed by atoms with Gasteiger partial charge < -0.3 is 10.2 Å². The normalized spacial score (nSPS) is 21.3. The molecule has 0 saturated carbocycles. The lowest BCUT2D eigenvalue weighted by Gasteiger charge is -2.32. The second kappa shape index (κ2) is 7.54. The van der Waals surface area contributed by atoms with E-state index in [1.807, 2.05) is 23.1 Å². The Hall–Kier alpha value is -0.870. The third-order valence-corrected chi connectivity index (χ3v) is 3.88. The van der Waals surface area contributed by atoms with E-state index in [4.69, 9.17) is 0 Å². The second-order valence-electron chi connectivity index (χ2n) is 5.29. The summed E-state index contributed by atoms with van der Waals surface area (Å²) in [5.74, 6) is 0. The first-order valence-corrected chi connectivity index (χ1v) is 7.24. The molecule has 18 heavy (non-hydrogen) atoms.